The van der Waals surface area contributed by atoms with Gasteiger partial charge in [-0.05, 0) is 97.8 Å². The van der Waals surface area contributed by atoms with Crippen molar-refractivity contribution in [2.45, 2.75) is 79.1 Å². The van der Waals surface area contributed by atoms with E-state index in [2.05, 4.69) is 39.5 Å². The van der Waals surface area contributed by atoms with E-state index in [4.69, 9.17) is 0 Å². The summed E-state index contributed by atoms with van der Waals surface area (Å²) in [6.07, 6.45) is 8.14. The van der Waals surface area contributed by atoms with Crippen molar-refractivity contribution >= 4 is 0 Å². The van der Waals surface area contributed by atoms with Gasteiger partial charge in [-0.25, -0.2) is 0 Å². The number of hydrogen-bond donors (Lipinski definition) is 0. The van der Waals surface area contributed by atoms with Crippen LogP contribution in [0, 0.1) is 31.1 Å². The summed E-state index contributed by atoms with van der Waals surface area (Å²) in [5, 5.41) is 0. The largest absolute Gasteiger partial charge is 0.0993 e. The van der Waals surface area contributed by atoms with Crippen molar-refractivity contribution in [1.82, 2.24) is 0 Å². The SMILES string of the molecule is C=C1CCC2C3CCc4cc(C)c(C)cc4C3CCC12C.CC.[HH]. The smallest absolute Gasteiger partial charge is 0 e. The lowest BCUT2D eigenvalue weighted by molar-refractivity contribution is 0.0816. The summed E-state index contributed by atoms with van der Waals surface area (Å²) in [6, 6.07) is 5.00. The van der Waals surface area contributed by atoms with Gasteiger partial charge in [0.2, 0.25) is 0 Å². The van der Waals surface area contributed by atoms with E-state index < -0.39 is 0 Å². The summed E-state index contributed by atoms with van der Waals surface area (Å²) in [4.78, 5) is 0. The number of fused-ring (bicyclic) bond motifs is 5. The molecular formula is C23H36. The van der Waals surface area contributed by atoms with Crippen LogP contribution in [0.25, 0.3) is 0 Å². The first-order valence-electron chi connectivity index (χ1n) is 9.79. The van der Waals surface area contributed by atoms with E-state index in [-0.39, 0.29) is 1.43 Å². The number of hydrogen-bond acceptors (Lipinski definition) is 0. The summed E-state index contributed by atoms with van der Waals surface area (Å²) < 4.78 is 0. The second kappa shape index (κ2) is 6.11. The maximum Gasteiger partial charge on any atom is 0 e. The zero-order chi connectivity index (χ0) is 16.8. The van der Waals surface area contributed by atoms with Crippen molar-refractivity contribution in [1.29, 1.82) is 0 Å². The first-order chi connectivity index (χ1) is 11.0. The van der Waals surface area contributed by atoms with Crippen molar-refractivity contribution in [3.63, 3.8) is 0 Å². The van der Waals surface area contributed by atoms with Crippen LogP contribution in [0.1, 0.15) is 82.5 Å². The van der Waals surface area contributed by atoms with Crippen LogP contribution in [-0.2, 0) is 6.42 Å². The molecule has 0 radical (unpaired) electrons. The van der Waals surface area contributed by atoms with Gasteiger partial charge < -0.3 is 0 Å². The van der Waals surface area contributed by atoms with Crippen LogP contribution in [0.2, 0.25) is 0 Å². The van der Waals surface area contributed by atoms with Gasteiger partial charge in [0.15, 0.2) is 0 Å². The monoisotopic (exact) mass is 312 g/mol. The zero-order valence-electron chi connectivity index (χ0n) is 15.8. The van der Waals surface area contributed by atoms with Crippen LogP contribution in [0.3, 0.4) is 0 Å². The minimum absolute atomic E-state index is 0. The molecule has 4 unspecified atom stereocenters. The topological polar surface area (TPSA) is 0 Å². The highest BCUT2D eigenvalue weighted by molar-refractivity contribution is 5.42. The van der Waals surface area contributed by atoms with Crippen LogP contribution in [-0.4, -0.2) is 0 Å². The van der Waals surface area contributed by atoms with Crippen molar-refractivity contribution in [2.24, 2.45) is 17.3 Å². The maximum absolute atomic E-state index is 4.42. The Bertz CT molecular complexity index is 615. The minimum Gasteiger partial charge on any atom is -0.0993 e. The number of aryl methyl sites for hydroxylation is 3. The van der Waals surface area contributed by atoms with E-state index in [1.54, 1.807) is 16.7 Å². The fraction of sp³-hybridized carbons (Fsp3) is 0.652. The lowest BCUT2D eigenvalue weighted by Crippen LogP contribution is -2.40. The van der Waals surface area contributed by atoms with Gasteiger partial charge >= 0.3 is 0 Å². The Kier molecular flexibility index (Phi) is 4.47. The van der Waals surface area contributed by atoms with E-state index in [1.807, 2.05) is 13.8 Å². The molecular weight excluding hydrogens is 276 g/mol. The Labute approximate surface area is 144 Å². The van der Waals surface area contributed by atoms with Gasteiger partial charge in [0.1, 0.15) is 0 Å². The lowest BCUT2D eigenvalue weighted by Gasteiger charge is -2.49. The summed E-state index contributed by atoms with van der Waals surface area (Å²) in [6.45, 7) is 15.5. The van der Waals surface area contributed by atoms with Gasteiger partial charge in [0, 0.05) is 1.43 Å². The molecule has 0 nitrogen and oxygen atoms in total. The highest BCUT2D eigenvalue weighted by Crippen LogP contribution is 2.62. The van der Waals surface area contributed by atoms with E-state index in [1.165, 1.54) is 49.7 Å². The fourth-order valence-electron chi connectivity index (χ4n) is 5.77. The molecule has 0 spiro atoms. The fourth-order valence-corrected chi connectivity index (χ4v) is 5.77. The normalized spacial score (nSPS) is 34.8. The summed E-state index contributed by atoms with van der Waals surface area (Å²) in [5.74, 6) is 2.65. The molecule has 0 amide bonds. The summed E-state index contributed by atoms with van der Waals surface area (Å²) in [5.41, 5.74) is 8.32. The Balaban J connectivity index is 0.000000670. The molecule has 1 aromatic carbocycles. The molecule has 0 saturated heterocycles. The van der Waals surface area contributed by atoms with Gasteiger partial charge in [-0.2, -0.15) is 0 Å². The number of allylic oxidation sites excluding steroid dienone is 1. The van der Waals surface area contributed by atoms with Crippen molar-refractivity contribution in [3.8, 4) is 0 Å². The van der Waals surface area contributed by atoms with Crippen LogP contribution in [0.5, 0.6) is 0 Å². The molecule has 0 aromatic heterocycles. The molecule has 2 fully saturated rings. The standard InChI is InChI=1S/C21H28.C2H6.H2/c1-13-11-16-6-7-18-17(19(16)12-14(13)2)9-10-21(4)15(3)5-8-20(18)21;1-2;/h11-12,17-18,20H,3,5-10H2,1-2,4H3;1-2H3;1H. The first-order valence-corrected chi connectivity index (χ1v) is 9.79. The Morgan fingerprint density at radius 1 is 1.04 bits per heavy atom. The first kappa shape index (κ1) is 16.8. The highest BCUT2D eigenvalue weighted by atomic mass is 14.6. The van der Waals surface area contributed by atoms with E-state index in [0.717, 1.165) is 17.8 Å². The third-order valence-electron chi connectivity index (χ3n) is 7.29. The van der Waals surface area contributed by atoms with Crippen LogP contribution in [0.4, 0.5) is 0 Å². The molecule has 3 aliphatic rings. The van der Waals surface area contributed by atoms with E-state index >= 15 is 0 Å². The molecule has 2 saturated carbocycles. The third kappa shape index (κ3) is 2.49. The maximum atomic E-state index is 4.42. The molecule has 0 bridgehead atoms. The van der Waals surface area contributed by atoms with Crippen molar-refractivity contribution in [3.05, 3.63) is 46.5 Å². The Morgan fingerprint density at radius 2 is 1.74 bits per heavy atom. The molecule has 0 heteroatoms. The summed E-state index contributed by atoms with van der Waals surface area (Å²) in [7, 11) is 0. The van der Waals surface area contributed by atoms with Crippen LogP contribution < -0.4 is 0 Å². The van der Waals surface area contributed by atoms with E-state index in [9.17, 15) is 0 Å². The number of benzene rings is 1. The van der Waals surface area contributed by atoms with Gasteiger partial charge in [-0.15, -0.1) is 0 Å². The molecule has 0 N–H and O–H groups in total. The molecule has 1 aromatic rings. The Morgan fingerprint density at radius 3 is 2.48 bits per heavy atom. The minimum atomic E-state index is 0. The summed E-state index contributed by atoms with van der Waals surface area (Å²) >= 11 is 0. The molecule has 0 heterocycles. The number of rotatable bonds is 0. The quantitative estimate of drug-likeness (QED) is 0.453. The predicted molar refractivity (Wildman–Crippen MR) is 103 cm³/mol. The van der Waals surface area contributed by atoms with Gasteiger partial charge in [0.25, 0.3) is 0 Å². The van der Waals surface area contributed by atoms with Crippen LogP contribution >= 0.6 is 0 Å². The van der Waals surface area contributed by atoms with Crippen molar-refractivity contribution in [2.75, 3.05) is 0 Å². The average molecular weight is 313 g/mol. The predicted octanol–water partition coefficient (Wildman–Crippen LogP) is 6.99. The molecule has 4 rings (SSSR count). The third-order valence-corrected chi connectivity index (χ3v) is 7.29. The second-order valence-electron chi connectivity index (χ2n) is 8.15. The van der Waals surface area contributed by atoms with Crippen LogP contribution in [0.15, 0.2) is 24.3 Å². The molecule has 23 heavy (non-hydrogen) atoms. The molecule has 0 aliphatic heterocycles. The van der Waals surface area contributed by atoms with Gasteiger partial charge in [0.05, 0.1) is 0 Å². The molecule has 128 valence electrons. The lowest BCUT2D eigenvalue weighted by atomic mass is 9.55. The molecule has 3 aliphatic carbocycles. The zero-order valence-corrected chi connectivity index (χ0v) is 15.8. The second-order valence-corrected chi connectivity index (χ2v) is 8.15. The van der Waals surface area contributed by atoms with Gasteiger partial charge in [-0.3, -0.25) is 0 Å². The van der Waals surface area contributed by atoms with Crippen molar-refractivity contribution < 1.29 is 1.43 Å². The highest BCUT2D eigenvalue weighted by Gasteiger charge is 2.51. The van der Waals surface area contributed by atoms with E-state index in [0.29, 0.717) is 5.41 Å². The molecule has 4 atom stereocenters. The Hall–Kier alpha value is -1.04. The average Bonchev–Trinajstić information content (AvgIpc) is 2.86. The van der Waals surface area contributed by atoms with Gasteiger partial charge in [-0.1, -0.05) is 45.1 Å².